The maximum Gasteiger partial charge on any atom is 0.311 e. The third-order valence-electron chi connectivity index (χ3n) is 6.09. The lowest BCUT2D eigenvalue weighted by Crippen LogP contribution is -2.59. The minimum absolute atomic E-state index is 0. The Bertz CT molecular complexity index is 381. The zero-order valence-corrected chi connectivity index (χ0v) is 15.4. The third kappa shape index (κ3) is 3.46. The number of esters is 1. The molecular weight excluding hydrogens is 298 g/mol. The van der Waals surface area contributed by atoms with Gasteiger partial charge in [0.25, 0.3) is 0 Å². The highest BCUT2D eigenvalue weighted by atomic mass is 35.5. The maximum atomic E-state index is 11.9. The lowest BCUT2D eigenvalue weighted by Gasteiger charge is -2.60. The number of nitrogens with zero attached hydrogens (tertiary/aromatic N) is 1. The van der Waals surface area contributed by atoms with Crippen molar-refractivity contribution in [3.63, 3.8) is 0 Å². The molecule has 4 rings (SSSR count). The van der Waals surface area contributed by atoms with Gasteiger partial charge in [0.15, 0.2) is 0 Å². The van der Waals surface area contributed by atoms with Gasteiger partial charge in [0.1, 0.15) is 6.61 Å². The highest BCUT2D eigenvalue weighted by molar-refractivity contribution is 5.85. The first-order valence-electron chi connectivity index (χ1n) is 8.67. The number of ether oxygens (including phenoxy) is 1. The summed E-state index contributed by atoms with van der Waals surface area (Å²) in [6, 6.07) is 0. The molecule has 4 aliphatic rings. The lowest BCUT2D eigenvalue weighted by molar-refractivity contribution is -0.154. The SMILES string of the molecule is CN(CCOC(=O)C(C)(C)C)C12CC3CC(CC(C3)C1)C2.Cl. The third-order valence-corrected chi connectivity index (χ3v) is 6.09. The minimum Gasteiger partial charge on any atom is -0.464 e. The summed E-state index contributed by atoms with van der Waals surface area (Å²) in [5.41, 5.74) is 0.0299. The zero-order chi connectivity index (χ0) is 15.3. The molecule has 128 valence electrons. The number of hydrogen-bond donors (Lipinski definition) is 0. The van der Waals surface area contributed by atoms with Crippen LogP contribution in [0.15, 0.2) is 0 Å². The Morgan fingerprint density at radius 2 is 1.55 bits per heavy atom. The van der Waals surface area contributed by atoms with Crippen molar-refractivity contribution in [2.75, 3.05) is 20.2 Å². The van der Waals surface area contributed by atoms with E-state index >= 15 is 0 Å². The van der Waals surface area contributed by atoms with Crippen LogP contribution >= 0.6 is 12.4 Å². The molecule has 4 aliphatic carbocycles. The first kappa shape index (κ1) is 18.1. The first-order chi connectivity index (χ1) is 9.78. The monoisotopic (exact) mass is 329 g/mol. The molecule has 4 fully saturated rings. The van der Waals surface area contributed by atoms with Gasteiger partial charge in [-0.05, 0) is 84.1 Å². The summed E-state index contributed by atoms with van der Waals surface area (Å²) in [7, 11) is 2.25. The highest BCUT2D eigenvalue weighted by Crippen LogP contribution is 2.57. The minimum atomic E-state index is -0.390. The van der Waals surface area contributed by atoms with Crippen LogP contribution in [0.25, 0.3) is 0 Å². The molecule has 0 unspecified atom stereocenters. The molecule has 0 aromatic heterocycles. The van der Waals surface area contributed by atoms with E-state index in [2.05, 4.69) is 11.9 Å². The Hall–Kier alpha value is -0.280. The number of carbonyl (C=O) groups excluding carboxylic acids is 1. The summed E-state index contributed by atoms with van der Waals surface area (Å²) in [4.78, 5) is 14.4. The number of halogens is 1. The largest absolute Gasteiger partial charge is 0.464 e. The molecule has 0 spiro atoms. The quantitative estimate of drug-likeness (QED) is 0.733. The van der Waals surface area contributed by atoms with E-state index < -0.39 is 0 Å². The van der Waals surface area contributed by atoms with E-state index in [0.29, 0.717) is 12.1 Å². The summed E-state index contributed by atoms with van der Waals surface area (Å²) in [6.07, 6.45) is 8.57. The van der Waals surface area contributed by atoms with E-state index in [1.807, 2.05) is 20.8 Å². The van der Waals surface area contributed by atoms with Gasteiger partial charge in [-0.1, -0.05) is 0 Å². The predicted octanol–water partition coefficient (Wildman–Crippen LogP) is 3.90. The number of rotatable bonds is 4. The van der Waals surface area contributed by atoms with Crippen LogP contribution in [0.1, 0.15) is 59.3 Å². The van der Waals surface area contributed by atoms with Crippen molar-refractivity contribution < 1.29 is 9.53 Å². The maximum absolute atomic E-state index is 11.9. The summed E-state index contributed by atoms with van der Waals surface area (Å²) < 4.78 is 5.46. The van der Waals surface area contributed by atoms with Crippen LogP contribution in [0.4, 0.5) is 0 Å². The Morgan fingerprint density at radius 3 is 1.95 bits per heavy atom. The van der Waals surface area contributed by atoms with Crippen molar-refractivity contribution in [3.05, 3.63) is 0 Å². The zero-order valence-electron chi connectivity index (χ0n) is 14.6. The molecule has 0 aliphatic heterocycles. The van der Waals surface area contributed by atoms with E-state index in [0.717, 1.165) is 24.3 Å². The molecule has 0 aromatic carbocycles. The summed E-state index contributed by atoms with van der Waals surface area (Å²) in [5, 5.41) is 0. The molecule has 4 heteroatoms. The summed E-state index contributed by atoms with van der Waals surface area (Å²) in [5.74, 6) is 2.82. The van der Waals surface area contributed by atoms with E-state index in [1.54, 1.807) is 0 Å². The molecule has 0 heterocycles. The van der Waals surface area contributed by atoms with Crippen LogP contribution in [-0.2, 0) is 9.53 Å². The Balaban J connectivity index is 0.00000176. The van der Waals surface area contributed by atoms with Gasteiger partial charge in [-0.15, -0.1) is 12.4 Å². The molecule has 0 radical (unpaired) electrons. The molecule has 0 amide bonds. The van der Waals surface area contributed by atoms with Crippen LogP contribution in [0.3, 0.4) is 0 Å². The lowest BCUT2D eigenvalue weighted by atomic mass is 9.52. The van der Waals surface area contributed by atoms with Crippen molar-refractivity contribution >= 4 is 18.4 Å². The van der Waals surface area contributed by atoms with E-state index in [9.17, 15) is 4.79 Å². The molecule has 0 atom stereocenters. The molecule has 0 N–H and O–H groups in total. The standard InChI is InChI=1S/C18H31NO2.ClH/c1-17(2,3)16(20)21-6-5-19(4)18-10-13-7-14(11-18)9-15(8-13)12-18;/h13-15H,5-12H2,1-4H3;1H. The van der Waals surface area contributed by atoms with Crippen molar-refractivity contribution in [2.24, 2.45) is 23.2 Å². The molecule has 4 saturated carbocycles. The van der Waals surface area contributed by atoms with E-state index in [4.69, 9.17) is 4.74 Å². The fourth-order valence-electron chi connectivity index (χ4n) is 5.26. The van der Waals surface area contributed by atoms with Gasteiger partial charge in [-0.2, -0.15) is 0 Å². The van der Waals surface area contributed by atoms with Gasteiger partial charge in [-0.25, -0.2) is 0 Å². The summed E-state index contributed by atoms with van der Waals surface area (Å²) in [6.45, 7) is 7.16. The van der Waals surface area contributed by atoms with Crippen LogP contribution in [0.5, 0.6) is 0 Å². The first-order valence-corrected chi connectivity index (χ1v) is 8.67. The van der Waals surface area contributed by atoms with Gasteiger partial charge in [0, 0.05) is 12.1 Å². The Kier molecular flexibility index (Phi) is 5.19. The van der Waals surface area contributed by atoms with Crippen LogP contribution in [0.2, 0.25) is 0 Å². The van der Waals surface area contributed by atoms with Gasteiger partial charge in [-0.3, -0.25) is 9.69 Å². The normalized spacial score (nSPS) is 36.3. The van der Waals surface area contributed by atoms with E-state index in [-0.39, 0.29) is 23.8 Å². The molecule has 0 aromatic rings. The van der Waals surface area contributed by atoms with Gasteiger partial charge in [0.05, 0.1) is 5.41 Å². The predicted molar refractivity (Wildman–Crippen MR) is 91.2 cm³/mol. The molecule has 0 saturated heterocycles. The van der Waals surface area contributed by atoms with Gasteiger partial charge in [0.2, 0.25) is 0 Å². The average Bonchev–Trinajstić information content (AvgIpc) is 2.35. The molecule has 3 nitrogen and oxygen atoms in total. The smallest absolute Gasteiger partial charge is 0.311 e. The van der Waals surface area contributed by atoms with Crippen LogP contribution in [0, 0.1) is 23.2 Å². The molecule has 4 bridgehead atoms. The van der Waals surface area contributed by atoms with Crippen LogP contribution < -0.4 is 0 Å². The second kappa shape index (κ2) is 6.32. The number of hydrogen-bond acceptors (Lipinski definition) is 3. The highest BCUT2D eigenvalue weighted by Gasteiger charge is 2.52. The molecular formula is C18H32ClNO2. The van der Waals surface area contributed by atoms with E-state index in [1.165, 1.54) is 38.5 Å². The van der Waals surface area contributed by atoms with Crippen LogP contribution in [-0.4, -0.2) is 36.6 Å². The fourth-order valence-corrected chi connectivity index (χ4v) is 5.26. The van der Waals surface area contributed by atoms with Crippen molar-refractivity contribution in [1.82, 2.24) is 4.90 Å². The summed E-state index contributed by atoms with van der Waals surface area (Å²) >= 11 is 0. The van der Waals surface area contributed by atoms with Gasteiger partial charge < -0.3 is 4.74 Å². The average molecular weight is 330 g/mol. The van der Waals surface area contributed by atoms with Crippen molar-refractivity contribution in [2.45, 2.75) is 64.8 Å². The second-order valence-electron chi connectivity index (χ2n) is 8.95. The Labute approximate surface area is 141 Å². The number of likely N-dealkylation sites (N-methyl/N-ethyl adjacent to an activating group) is 1. The van der Waals surface area contributed by atoms with Crippen molar-refractivity contribution in [3.8, 4) is 0 Å². The molecule has 22 heavy (non-hydrogen) atoms. The van der Waals surface area contributed by atoms with Crippen molar-refractivity contribution in [1.29, 1.82) is 0 Å². The fraction of sp³-hybridized carbons (Fsp3) is 0.944. The Morgan fingerprint density at radius 1 is 1.09 bits per heavy atom. The topological polar surface area (TPSA) is 29.5 Å². The second-order valence-corrected chi connectivity index (χ2v) is 8.95. The van der Waals surface area contributed by atoms with Gasteiger partial charge >= 0.3 is 5.97 Å². The number of carbonyl (C=O) groups is 1.